The standard InChI is InChI=1S/C14H10Br4O/c15-13(16)10-7-6-9(8-4-2-1-3-5-8)12(19)11(10)14(17)18/h1-7,9,12,19H/t9-,12+/m1/s1. The fourth-order valence-corrected chi connectivity index (χ4v) is 3.67. The Hall–Kier alpha value is 0.320. The van der Waals surface area contributed by atoms with Gasteiger partial charge in [0.15, 0.2) is 0 Å². The number of rotatable bonds is 1. The molecule has 1 aliphatic rings. The zero-order chi connectivity index (χ0) is 14.0. The first-order valence-corrected chi connectivity index (χ1v) is 8.71. The molecule has 0 fully saturated rings. The molecule has 0 radical (unpaired) electrons. The average Bonchev–Trinajstić information content (AvgIpc) is 2.38. The molecule has 0 aliphatic heterocycles. The highest BCUT2D eigenvalue weighted by Crippen LogP contribution is 2.42. The van der Waals surface area contributed by atoms with E-state index in [0.29, 0.717) is 0 Å². The normalized spacial score (nSPS) is 22.6. The number of benzene rings is 1. The summed E-state index contributed by atoms with van der Waals surface area (Å²) < 4.78 is 1.57. The molecule has 1 aromatic carbocycles. The maximum absolute atomic E-state index is 10.6. The largest absolute Gasteiger partial charge is 0.387 e. The average molecular weight is 514 g/mol. The minimum atomic E-state index is -0.610. The van der Waals surface area contributed by atoms with Crippen molar-refractivity contribution in [2.24, 2.45) is 0 Å². The Labute approximate surface area is 146 Å². The topological polar surface area (TPSA) is 20.2 Å². The molecule has 2 atom stereocenters. The lowest BCUT2D eigenvalue weighted by molar-refractivity contribution is 0.195. The first-order chi connectivity index (χ1) is 9.02. The molecule has 1 nitrogen and oxygen atoms in total. The molecule has 0 bridgehead atoms. The van der Waals surface area contributed by atoms with Gasteiger partial charge in [-0.2, -0.15) is 0 Å². The highest BCUT2D eigenvalue weighted by Gasteiger charge is 2.30. The maximum Gasteiger partial charge on any atom is 0.0915 e. The van der Waals surface area contributed by atoms with E-state index in [4.69, 9.17) is 0 Å². The van der Waals surface area contributed by atoms with Gasteiger partial charge in [-0.3, -0.25) is 0 Å². The van der Waals surface area contributed by atoms with Crippen molar-refractivity contribution in [2.75, 3.05) is 0 Å². The fraction of sp³-hybridized carbons (Fsp3) is 0.143. The molecule has 5 heteroatoms. The van der Waals surface area contributed by atoms with Gasteiger partial charge in [-0.05, 0) is 69.3 Å². The van der Waals surface area contributed by atoms with Gasteiger partial charge >= 0.3 is 0 Å². The highest BCUT2D eigenvalue weighted by molar-refractivity contribution is 9.28. The highest BCUT2D eigenvalue weighted by atomic mass is 79.9. The molecule has 0 aromatic heterocycles. The van der Waals surface area contributed by atoms with Crippen molar-refractivity contribution in [3.8, 4) is 0 Å². The van der Waals surface area contributed by atoms with E-state index < -0.39 is 6.10 Å². The van der Waals surface area contributed by atoms with E-state index in [1.165, 1.54) is 0 Å². The predicted octanol–water partition coefficient (Wildman–Crippen LogP) is 5.70. The van der Waals surface area contributed by atoms with Crippen LogP contribution in [0, 0.1) is 0 Å². The van der Waals surface area contributed by atoms with Gasteiger partial charge in [0.05, 0.1) is 12.9 Å². The van der Waals surface area contributed by atoms with E-state index in [1.54, 1.807) is 0 Å². The van der Waals surface area contributed by atoms with Crippen molar-refractivity contribution < 1.29 is 5.11 Å². The van der Waals surface area contributed by atoms with Crippen LogP contribution in [-0.2, 0) is 0 Å². The molecular formula is C14H10Br4O. The lowest BCUT2D eigenvalue weighted by atomic mass is 9.82. The molecule has 2 rings (SSSR count). The third-order valence-corrected chi connectivity index (χ3v) is 4.70. The number of aliphatic hydroxyl groups is 1. The van der Waals surface area contributed by atoms with Crippen molar-refractivity contribution in [3.63, 3.8) is 0 Å². The molecule has 1 aliphatic carbocycles. The van der Waals surface area contributed by atoms with Crippen LogP contribution in [0.5, 0.6) is 0 Å². The van der Waals surface area contributed by atoms with Gasteiger partial charge in [0, 0.05) is 17.1 Å². The predicted molar refractivity (Wildman–Crippen MR) is 94.1 cm³/mol. The van der Waals surface area contributed by atoms with Crippen LogP contribution in [0.15, 0.2) is 60.4 Å². The Kier molecular flexibility index (Phi) is 5.66. The van der Waals surface area contributed by atoms with E-state index in [2.05, 4.69) is 63.7 Å². The van der Waals surface area contributed by atoms with Crippen molar-refractivity contribution in [1.82, 2.24) is 0 Å². The van der Waals surface area contributed by atoms with Crippen LogP contribution >= 0.6 is 63.7 Å². The van der Waals surface area contributed by atoms with E-state index in [-0.39, 0.29) is 5.92 Å². The van der Waals surface area contributed by atoms with Gasteiger partial charge in [-0.15, -0.1) is 0 Å². The molecule has 0 spiro atoms. The summed E-state index contributed by atoms with van der Waals surface area (Å²) in [5.74, 6) is -0.0515. The molecule has 0 saturated heterocycles. The summed E-state index contributed by atoms with van der Waals surface area (Å²) in [6.45, 7) is 0. The quantitative estimate of drug-likeness (QED) is 0.510. The van der Waals surface area contributed by atoms with Crippen molar-refractivity contribution in [2.45, 2.75) is 12.0 Å². The molecule has 0 heterocycles. The molecule has 0 amide bonds. The zero-order valence-electron chi connectivity index (χ0n) is 9.66. The zero-order valence-corrected chi connectivity index (χ0v) is 16.0. The summed E-state index contributed by atoms with van der Waals surface area (Å²) in [4.78, 5) is 0. The van der Waals surface area contributed by atoms with Crippen molar-refractivity contribution in [1.29, 1.82) is 0 Å². The Morgan fingerprint density at radius 3 is 2.11 bits per heavy atom. The monoisotopic (exact) mass is 510 g/mol. The van der Waals surface area contributed by atoms with E-state index in [1.807, 2.05) is 42.5 Å². The number of aliphatic hydroxyl groups excluding tert-OH is 1. The molecule has 100 valence electrons. The van der Waals surface area contributed by atoms with E-state index >= 15 is 0 Å². The van der Waals surface area contributed by atoms with Crippen LogP contribution in [0.4, 0.5) is 0 Å². The fourth-order valence-electron chi connectivity index (χ4n) is 2.08. The smallest absolute Gasteiger partial charge is 0.0915 e. The summed E-state index contributed by atoms with van der Waals surface area (Å²) >= 11 is 13.6. The van der Waals surface area contributed by atoms with E-state index in [0.717, 1.165) is 23.5 Å². The summed E-state index contributed by atoms with van der Waals surface area (Å²) in [6, 6.07) is 9.98. The van der Waals surface area contributed by atoms with Crippen LogP contribution < -0.4 is 0 Å². The summed E-state index contributed by atoms with van der Waals surface area (Å²) in [7, 11) is 0. The third-order valence-electron chi connectivity index (χ3n) is 2.99. The van der Waals surface area contributed by atoms with Crippen LogP contribution in [0.2, 0.25) is 0 Å². The SMILES string of the molecule is O[C@@H]1C(=C(Br)Br)C(=C(Br)Br)C=C[C@@H]1c1ccccc1. The molecule has 19 heavy (non-hydrogen) atoms. The Morgan fingerprint density at radius 1 is 0.947 bits per heavy atom. The van der Waals surface area contributed by atoms with Crippen LogP contribution in [0.1, 0.15) is 11.5 Å². The minimum absolute atomic E-state index is 0.0515. The van der Waals surface area contributed by atoms with Gasteiger partial charge in [0.2, 0.25) is 0 Å². The summed E-state index contributed by atoms with van der Waals surface area (Å²) in [5, 5.41) is 10.6. The van der Waals surface area contributed by atoms with Crippen LogP contribution in [-0.4, -0.2) is 11.2 Å². The van der Waals surface area contributed by atoms with Crippen molar-refractivity contribution in [3.05, 3.63) is 66.0 Å². The molecule has 1 N–H and O–H groups in total. The lowest BCUT2D eigenvalue weighted by Gasteiger charge is -2.28. The molecule has 1 aromatic rings. The first kappa shape index (κ1) is 15.7. The Balaban J connectivity index is 2.51. The number of allylic oxidation sites excluding steroid dienone is 1. The molecule has 0 unspecified atom stereocenters. The van der Waals surface area contributed by atoms with Gasteiger partial charge in [0.25, 0.3) is 0 Å². The van der Waals surface area contributed by atoms with Crippen LogP contribution in [0.25, 0.3) is 0 Å². The van der Waals surface area contributed by atoms with Gasteiger partial charge in [0.1, 0.15) is 0 Å². The Morgan fingerprint density at radius 2 is 1.58 bits per heavy atom. The second-order valence-electron chi connectivity index (χ2n) is 4.09. The van der Waals surface area contributed by atoms with Gasteiger partial charge < -0.3 is 5.11 Å². The summed E-state index contributed by atoms with van der Waals surface area (Å²) in [6.07, 6.45) is 3.41. The van der Waals surface area contributed by atoms with Crippen molar-refractivity contribution >= 4 is 63.7 Å². The number of hydrogen-bond acceptors (Lipinski definition) is 1. The maximum atomic E-state index is 10.6. The molecular weight excluding hydrogens is 504 g/mol. The third kappa shape index (κ3) is 3.50. The summed E-state index contributed by atoms with van der Waals surface area (Å²) in [5.41, 5.74) is 2.83. The lowest BCUT2D eigenvalue weighted by Crippen LogP contribution is -2.24. The van der Waals surface area contributed by atoms with Gasteiger partial charge in [-0.25, -0.2) is 0 Å². The van der Waals surface area contributed by atoms with Gasteiger partial charge in [-0.1, -0.05) is 42.5 Å². The second kappa shape index (κ2) is 6.85. The Bertz CT molecular complexity index is 552. The first-order valence-electron chi connectivity index (χ1n) is 5.54. The molecule has 0 saturated carbocycles. The van der Waals surface area contributed by atoms with Crippen LogP contribution in [0.3, 0.4) is 0 Å². The van der Waals surface area contributed by atoms with E-state index in [9.17, 15) is 5.11 Å². The minimum Gasteiger partial charge on any atom is -0.387 e. The number of halogens is 4. The second-order valence-corrected chi connectivity index (χ2v) is 9.39. The number of hydrogen-bond donors (Lipinski definition) is 1.